The number of nitrogens with one attached hydrogen (secondary N) is 1. The Morgan fingerprint density at radius 1 is 1.40 bits per heavy atom. The maximum absolute atomic E-state index is 11.7. The van der Waals surface area contributed by atoms with E-state index in [1.54, 1.807) is 26.2 Å². The van der Waals surface area contributed by atoms with Gasteiger partial charge in [-0.1, -0.05) is 0 Å². The van der Waals surface area contributed by atoms with Gasteiger partial charge in [-0.3, -0.25) is 19.8 Å². The molecule has 1 unspecified atom stereocenters. The van der Waals surface area contributed by atoms with Gasteiger partial charge in [0.2, 0.25) is 0 Å². The van der Waals surface area contributed by atoms with Crippen LogP contribution in [0, 0.1) is 0 Å². The van der Waals surface area contributed by atoms with Gasteiger partial charge in [-0.2, -0.15) is 0 Å². The number of carbonyl (C=O) groups excluding carboxylic acids is 1. The normalized spacial score (nSPS) is 14.1. The Balaban J connectivity index is 3.06. The molecule has 1 amide bonds. The number of pyridine rings is 1. The van der Waals surface area contributed by atoms with Crippen LogP contribution in [0.5, 0.6) is 0 Å². The van der Waals surface area contributed by atoms with Crippen LogP contribution in [0.4, 0.5) is 0 Å². The average molecular weight is 275 g/mol. The lowest BCUT2D eigenvalue weighted by atomic mass is 10.1. The summed E-state index contributed by atoms with van der Waals surface area (Å²) < 4.78 is 0. The largest absolute Gasteiger partial charge is 0.352 e. The fourth-order valence-corrected chi connectivity index (χ4v) is 1.82. The zero-order valence-electron chi connectivity index (χ0n) is 12.3. The minimum Gasteiger partial charge on any atom is -0.352 e. The van der Waals surface area contributed by atoms with Crippen LogP contribution < -0.4 is 11.1 Å². The summed E-state index contributed by atoms with van der Waals surface area (Å²) in [6, 6.07) is 3.23. The fraction of sp³-hybridized carbons (Fsp3) is 0.429. The molecule has 20 heavy (non-hydrogen) atoms. The molecule has 0 saturated carbocycles. The van der Waals surface area contributed by atoms with E-state index in [-0.39, 0.29) is 11.9 Å². The third-order valence-corrected chi connectivity index (χ3v) is 2.74. The second-order valence-electron chi connectivity index (χ2n) is 4.26. The first-order chi connectivity index (χ1) is 9.54. The highest BCUT2D eigenvalue weighted by Gasteiger charge is 2.16. The molecule has 0 saturated heterocycles. The SMILES string of the molecule is CCNC(=O)c1ccc(C(=NC)C(=NC)C(C)N)nc1. The van der Waals surface area contributed by atoms with E-state index in [0.29, 0.717) is 29.2 Å². The number of aliphatic imine (C=N–C) groups is 2. The molecule has 1 atom stereocenters. The molecule has 0 fully saturated rings. The topological polar surface area (TPSA) is 92.7 Å². The lowest BCUT2D eigenvalue weighted by Crippen LogP contribution is -2.34. The summed E-state index contributed by atoms with van der Waals surface area (Å²) in [4.78, 5) is 24.3. The van der Waals surface area contributed by atoms with Crippen LogP contribution in [-0.2, 0) is 0 Å². The number of amides is 1. The quantitative estimate of drug-likeness (QED) is 0.773. The number of aromatic nitrogens is 1. The van der Waals surface area contributed by atoms with Gasteiger partial charge in [0.1, 0.15) is 5.71 Å². The predicted octanol–water partition coefficient (Wildman–Crippen LogP) is 0.668. The lowest BCUT2D eigenvalue weighted by molar-refractivity contribution is 0.0955. The second-order valence-corrected chi connectivity index (χ2v) is 4.26. The molecular weight excluding hydrogens is 254 g/mol. The highest BCUT2D eigenvalue weighted by molar-refractivity contribution is 6.49. The smallest absolute Gasteiger partial charge is 0.252 e. The summed E-state index contributed by atoms with van der Waals surface area (Å²) in [5.74, 6) is -0.141. The minimum atomic E-state index is -0.233. The monoisotopic (exact) mass is 275 g/mol. The highest BCUT2D eigenvalue weighted by Crippen LogP contribution is 2.05. The van der Waals surface area contributed by atoms with E-state index in [4.69, 9.17) is 5.73 Å². The van der Waals surface area contributed by atoms with Gasteiger partial charge in [0.15, 0.2) is 0 Å². The van der Waals surface area contributed by atoms with E-state index < -0.39 is 0 Å². The predicted molar refractivity (Wildman–Crippen MR) is 81.7 cm³/mol. The maximum Gasteiger partial charge on any atom is 0.252 e. The molecule has 6 nitrogen and oxygen atoms in total. The summed E-state index contributed by atoms with van der Waals surface area (Å²) in [5.41, 5.74) is 8.37. The highest BCUT2D eigenvalue weighted by atomic mass is 16.1. The van der Waals surface area contributed by atoms with Crippen LogP contribution in [0.15, 0.2) is 28.3 Å². The van der Waals surface area contributed by atoms with E-state index in [1.807, 2.05) is 13.8 Å². The van der Waals surface area contributed by atoms with Gasteiger partial charge in [-0.05, 0) is 26.0 Å². The van der Waals surface area contributed by atoms with E-state index in [2.05, 4.69) is 20.3 Å². The lowest BCUT2D eigenvalue weighted by Gasteiger charge is -2.12. The number of nitrogens with two attached hydrogens (primary N) is 1. The van der Waals surface area contributed by atoms with Gasteiger partial charge in [-0.15, -0.1) is 0 Å². The Bertz CT molecular complexity index is 517. The van der Waals surface area contributed by atoms with Gasteiger partial charge in [0, 0.05) is 32.9 Å². The molecule has 6 heteroatoms. The molecule has 0 bridgehead atoms. The summed E-state index contributed by atoms with van der Waals surface area (Å²) in [6.07, 6.45) is 1.53. The molecule has 1 aromatic rings. The molecule has 0 spiro atoms. The number of carbonyl (C=O) groups is 1. The third-order valence-electron chi connectivity index (χ3n) is 2.74. The average Bonchev–Trinajstić information content (AvgIpc) is 2.44. The van der Waals surface area contributed by atoms with Crippen molar-refractivity contribution in [1.82, 2.24) is 10.3 Å². The Kier molecular flexibility index (Phi) is 5.99. The fourth-order valence-electron chi connectivity index (χ4n) is 1.82. The Morgan fingerprint density at radius 2 is 2.10 bits per heavy atom. The summed E-state index contributed by atoms with van der Waals surface area (Å²) in [5, 5.41) is 2.72. The van der Waals surface area contributed by atoms with Crippen LogP contribution in [0.2, 0.25) is 0 Å². The van der Waals surface area contributed by atoms with Crippen molar-refractivity contribution in [3.63, 3.8) is 0 Å². The molecular formula is C14H21N5O. The summed E-state index contributed by atoms with van der Waals surface area (Å²) in [7, 11) is 3.34. The molecule has 3 N–H and O–H groups in total. The van der Waals surface area contributed by atoms with Crippen molar-refractivity contribution in [1.29, 1.82) is 0 Å². The van der Waals surface area contributed by atoms with E-state index in [0.717, 1.165) is 0 Å². The molecule has 0 aromatic carbocycles. The number of hydrogen-bond donors (Lipinski definition) is 2. The molecule has 0 radical (unpaired) electrons. The summed E-state index contributed by atoms with van der Waals surface area (Å²) in [6.45, 7) is 4.30. The first-order valence-corrected chi connectivity index (χ1v) is 6.49. The number of hydrogen-bond acceptors (Lipinski definition) is 5. The van der Waals surface area contributed by atoms with Crippen LogP contribution in [0.25, 0.3) is 0 Å². The molecule has 0 aliphatic rings. The van der Waals surface area contributed by atoms with Gasteiger partial charge in [-0.25, -0.2) is 0 Å². The molecule has 1 heterocycles. The first-order valence-electron chi connectivity index (χ1n) is 6.49. The van der Waals surface area contributed by atoms with Gasteiger partial charge < -0.3 is 11.1 Å². The zero-order valence-corrected chi connectivity index (χ0v) is 12.3. The van der Waals surface area contributed by atoms with Gasteiger partial charge >= 0.3 is 0 Å². The second kappa shape index (κ2) is 7.49. The van der Waals surface area contributed by atoms with Crippen LogP contribution in [0.3, 0.4) is 0 Å². The molecule has 0 aliphatic heterocycles. The van der Waals surface area contributed by atoms with Gasteiger partial charge in [0.05, 0.1) is 17.0 Å². The maximum atomic E-state index is 11.7. The summed E-state index contributed by atoms with van der Waals surface area (Å²) >= 11 is 0. The standard InChI is InChI=1S/C14H21N5O/c1-5-18-14(20)10-6-7-11(19-8-10)13(17-4)12(16-3)9(2)15/h6-9H,5,15H2,1-4H3,(H,18,20). The van der Waals surface area contributed by atoms with Crippen molar-refractivity contribution in [2.45, 2.75) is 19.9 Å². The molecule has 0 aliphatic carbocycles. The molecule has 1 aromatic heterocycles. The Hall–Kier alpha value is -2.08. The zero-order chi connectivity index (χ0) is 15.1. The third kappa shape index (κ3) is 3.71. The van der Waals surface area contributed by atoms with Crippen LogP contribution in [0.1, 0.15) is 29.9 Å². The van der Waals surface area contributed by atoms with Crippen molar-refractivity contribution < 1.29 is 4.79 Å². The van der Waals surface area contributed by atoms with Crippen molar-refractivity contribution in [3.05, 3.63) is 29.6 Å². The number of nitrogens with zero attached hydrogens (tertiary/aromatic N) is 3. The van der Waals surface area contributed by atoms with Gasteiger partial charge in [0.25, 0.3) is 5.91 Å². The van der Waals surface area contributed by atoms with E-state index >= 15 is 0 Å². The van der Waals surface area contributed by atoms with E-state index in [9.17, 15) is 4.79 Å². The van der Waals surface area contributed by atoms with E-state index in [1.165, 1.54) is 6.20 Å². The van der Waals surface area contributed by atoms with Crippen LogP contribution in [-0.4, -0.2) is 49.0 Å². The number of rotatable bonds is 5. The Morgan fingerprint density at radius 3 is 2.50 bits per heavy atom. The van der Waals surface area contributed by atoms with Crippen molar-refractivity contribution >= 4 is 17.3 Å². The minimum absolute atomic E-state index is 0.141. The van der Waals surface area contributed by atoms with Crippen LogP contribution >= 0.6 is 0 Å². The van der Waals surface area contributed by atoms with Crippen molar-refractivity contribution in [2.24, 2.45) is 15.7 Å². The first kappa shape index (κ1) is 16.0. The van der Waals surface area contributed by atoms with Crippen molar-refractivity contribution in [2.75, 3.05) is 20.6 Å². The Labute approximate surface area is 119 Å². The van der Waals surface area contributed by atoms with Crippen molar-refractivity contribution in [3.8, 4) is 0 Å². The molecule has 1 rings (SSSR count). The molecule has 108 valence electrons.